The van der Waals surface area contributed by atoms with Crippen LogP contribution in [0.25, 0.3) is 5.57 Å². The van der Waals surface area contributed by atoms with E-state index in [0.29, 0.717) is 12.1 Å². The number of anilines is 1. The molecule has 2 rings (SSSR count). The summed E-state index contributed by atoms with van der Waals surface area (Å²) in [5.74, 6) is 0.179. The van der Waals surface area contributed by atoms with Crippen LogP contribution in [-0.4, -0.2) is 10.8 Å². The second-order valence-electron chi connectivity index (χ2n) is 3.10. The summed E-state index contributed by atoms with van der Waals surface area (Å²) in [5, 5.41) is 0. The van der Waals surface area contributed by atoms with Gasteiger partial charge in [-0.1, -0.05) is 0 Å². The maximum absolute atomic E-state index is 11.0. The number of carbonyl (C=O) groups is 1. The van der Waals surface area contributed by atoms with E-state index in [1.807, 2.05) is 0 Å². The van der Waals surface area contributed by atoms with Crippen LogP contribution in [0.1, 0.15) is 18.4 Å². The van der Waals surface area contributed by atoms with E-state index in [1.165, 1.54) is 0 Å². The van der Waals surface area contributed by atoms with Gasteiger partial charge in [-0.3, -0.25) is 9.78 Å². The van der Waals surface area contributed by atoms with Gasteiger partial charge in [-0.25, -0.2) is 0 Å². The second-order valence-corrected chi connectivity index (χ2v) is 3.10. The molecule has 1 aromatic rings. The lowest BCUT2D eigenvalue weighted by Crippen LogP contribution is -1.92. The standard InChI is InChI=1S/C10H10N2O/c11-10-3-4-12-6-9(10)7-1-2-8(13)5-7/h3-6H,1-2H2,(H2,11,12). The molecule has 0 atom stereocenters. The smallest absolute Gasteiger partial charge is 0.156 e. The number of pyridine rings is 1. The largest absolute Gasteiger partial charge is 0.398 e. The van der Waals surface area contributed by atoms with Gasteiger partial charge in [-0.15, -0.1) is 0 Å². The number of hydrogen-bond donors (Lipinski definition) is 1. The highest BCUT2D eigenvalue weighted by atomic mass is 16.1. The summed E-state index contributed by atoms with van der Waals surface area (Å²) in [6.45, 7) is 0. The molecule has 3 nitrogen and oxygen atoms in total. The van der Waals surface area contributed by atoms with Crippen molar-refractivity contribution >= 4 is 17.0 Å². The van der Waals surface area contributed by atoms with E-state index in [4.69, 9.17) is 5.73 Å². The highest BCUT2D eigenvalue weighted by Gasteiger charge is 2.15. The molecule has 0 aliphatic heterocycles. The van der Waals surface area contributed by atoms with Crippen molar-refractivity contribution in [3.63, 3.8) is 0 Å². The van der Waals surface area contributed by atoms with Crippen LogP contribution in [-0.2, 0) is 4.79 Å². The zero-order valence-electron chi connectivity index (χ0n) is 7.16. The maximum atomic E-state index is 11.0. The van der Waals surface area contributed by atoms with Gasteiger partial charge in [-0.05, 0) is 24.1 Å². The Morgan fingerprint density at radius 1 is 1.38 bits per heavy atom. The quantitative estimate of drug-likeness (QED) is 0.700. The fourth-order valence-electron chi connectivity index (χ4n) is 1.48. The number of rotatable bonds is 1. The Kier molecular flexibility index (Phi) is 1.85. The summed E-state index contributed by atoms with van der Waals surface area (Å²) in [5.41, 5.74) is 8.35. The molecule has 3 heteroatoms. The fourth-order valence-corrected chi connectivity index (χ4v) is 1.48. The summed E-state index contributed by atoms with van der Waals surface area (Å²) in [6.07, 6.45) is 6.40. The number of aromatic nitrogens is 1. The van der Waals surface area contributed by atoms with E-state index in [-0.39, 0.29) is 5.78 Å². The third kappa shape index (κ3) is 1.45. The van der Waals surface area contributed by atoms with Gasteiger partial charge in [0.1, 0.15) is 0 Å². The van der Waals surface area contributed by atoms with Crippen LogP contribution in [0, 0.1) is 0 Å². The molecule has 1 aliphatic rings. The van der Waals surface area contributed by atoms with E-state index in [1.54, 1.807) is 24.5 Å². The van der Waals surface area contributed by atoms with Crippen molar-refractivity contribution in [3.05, 3.63) is 30.1 Å². The molecule has 66 valence electrons. The zero-order chi connectivity index (χ0) is 9.26. The van der Waals surface area contributed by atoms with Crippen molar-refractivity contribution in [2.24, 2.45) is 0 Å². The average molecular weight is 174 g/mol. The summed E-state index contributed by atoms with van der Waals surface area (Å²) in [4.78, 5) is 15.0. The van der Waals surface area contributed by atoms with Crippen LogP contribution < -0.4 is 5.73 Å². The third-order valence-corrected chi connectivity index (χ3v) is 2.18. The third-order valence-electron chi connectivity index (χ3n) is 2.18. The van der Waals surface area contributed by atoms with Crippen LogP contribution in [0.3, 0.4) is 0 Å². The number of nitrogens with two attached hydrogens (primary N) is 1. The molecule has 0 radical (unpaired) electrons. The van der Waals surface area contributed by atoms with Gasteiger partial charge in [-0.2, -0.15) is 0 Å². The topological polar surface area (TPSA) is 56.0 Å². The van der Waals surface area contributed by atoms with Crippen molar-refractivity contribution in [2.75, 3.05) is 5.73 Å². The average Bonchev–Trinajstić information content (AvgIpc) is 2.53. The first-order valence-corrected chi connectivity index (χ1v) is 4.20. The van der Waals surface area contributed by atoms with Crippen LogP contribution in [0.15, 0.2) is 24.5 Å². The molecular weight excluding hydrogens is 164 g/mol. The van der Waals surface area contributed by atoms with Crippen molar-refractivity contribution < 1.29 is 4.79 Å². The molecule has 0 bridgehead atoms. The molecule has 1 aromatic heterocycles. The first-order chi connectivity index (χ1) is 6.27. The molecule has 1 aliphatic carbocycles. The lowest BCUT2D eigenvalue weighted by Gasteiger charge is -2.03. The zero-order valence-corrected chi connectivity index (χ0v) is 7.16. The van der Waals surface area contributed by atoms with Crippen molar-refractivity contribution in [2.45, 2.75) is 12.8 Å². The van der Waals surface area contributed by atoms with Crippen LogP contribution in [0.2, 0.25) is 0 Å². The Bertz CT molecular complexity index is 382. The molecule has 13 heavy (non-hydrogen) atoms. The predicted octanol–water partition coefficient (Wildman–Crippen LogP) is 1.41. The van der Waals surface area contributed by atoms with E-state index in [2.05, 4.69) is 4.98 Å². The number of nitrogen functional groups attached to an aromatic ring is 1. The summed E-state index contributed by atoms with van der Waals surface area (Å²) in [7, 11) is 0. The number of allylic oxidation sites excluding steroid dienone is 2. The second kappa shape index (κ2) is 3.01. The molecule has 0 amide bonds. The summed E-state index contributed by atoms with van der Waals surface area (Å²) in [6, 6.07) is 1.75. The monoisotopic (exact) mass is 174 g/mol. The van der Waals surface area contributed by atoms with Crippen molar-refractivity contribution in [1.82, 2.24) is 4.98 Å². The fraction of sp³-hybridized carbons (Fsp3) is 0.200. The maximum Gasteiger partial charge on any atom is 0.156 e. The molecule has 2 N–H and O–H groups in total. The minimum Gasteiger partial charge on any atom is -0.398 e. The van der Waals surface area contributed by atoms with E-state index in [9.17, 15) is 4.79 Å². The number of carbonyl (C=O) groups excluding carboxylic acids is 1. The van der Waals surface area contributed by atoms with Crippen molar-refractivity contribution in [1.29, 1.82) is 0 Å². The van der Waals surface area contributed by atoms with Crippen LogP contribution in [0.5, 0.6) is 0 Å². The lowest BCUT2D eigenvalue weighted by atomic mass is 10.1. The van der Waals surface area contributed by atoms with Gasteiger partial charge in [0.15, 0.2) is 5.78 Å². The Morgan fingerprint density at radius 2 is 2.23 bits per heavy atom. The van der Waals surface area contributed by atoms with E-state index < -0.39 is 0 Å². The van der Waals surface area contributed by atoms with Gasteiger partial charge in [0, 0.05) is 30.1 Å². The Hall–Kier alpha value is -1.64. The summed E-state index contributed by atoms with van der Waals surface area (Å²) >= 11 is 0. The van der Waals surface area contributed by atoms with Crippen LogP contribution >= 0.6 is 0 Å². The number of ketones is 1. The molecule has 0 fully saturated rings. The first-order valence-electron chi connectivity index (χ1n) is 4.20. The van der Waals surface area contributed by atoms with Gasteiger partial charge >= 0.3 is 0 Å². The Balaban J connectivity index is 2.41. The Morgan fingerprint density at radius 3 is 2.85 bits per heavy atom. The SMILES string of the molecule is Nc1ccncc1C1=CC(=O)CC1. The molecule has 0 saturated carbocycles. The van der Waals surface area contributed by atoms with Crippen LogP contribution in [0.4, 0.5) is 5.69 Å². The highest BCUT2D eigenvalue weighted by molar-refractivity contribution is 6.02. The molecule has 0 saturated heterocycles. The molecule has 0 aromatic carbocycles. The minimum atomic E-state index is 0.179. The van der Waals surface area contributed by atoms with E-state index >= 15 is 0 Å². The molecule has 1 heterocycles. The van der Waals surface area contributed by atoms with Gasteiger partial charge in [0.05, 0.1) is 0 Å². The first kappa shape index (κ1) is 7.98. The van der Waals surface area contributed by atoms with E-state index in [0.717, 1.165) is 17.6 Å². The summed E-state index contributed by atoms with van der Waals surface area (Å²) < 4.78 is 0. The van der Waals surface area contributed by atoms with Crippen molar-refractivity contribution in [3.8, 4) is 0 Å². The Labute approximate surface area is 76.3 Å². The highest BCUT2D eigenvalue weighted by Crippen LogP contribution is 2.28. The predicted molar refractivity (Wildman–Crippen MR) is 50.9 cm³/mol. The van der Waals surface area contributed by atoms with Gasteiger partial charge < -0.3 is 5.73 Å². The molecule has 0 spiro atoms. The van der Waals surface area contributed by atoms with Gasteiger partial charge in [0.2, 0.25) is 0 Å². The van der Waals surface area contributed by atoms with Gasteiger partial charge in [0.25, 0.3) is 0 Å². The normalized spacial score (nSPS) is 16.0. The lowest BCUT2D eigenvalue weighted by molar-refractivity contribution is -0.114. The molecule has 0 unspecified atom stereocenters. The number of hydrogen-bond acceptors (Lipinski definition) is 3. The molecular formula is C10H10N2O. The number of nitrogens with zero attached hydrogens (tertiary/aromatic N) is 1. The minimum absolute atomic E-state index is 0.179.